The Kier molecular flexibility index (Phi) is 8.29. The van der Waals surface area contributed by atoms with Crippen LogP contribution in [0.15, 0.2) is 42.5 Å². The third kappa shape index (κ3) is 6.41. The van der Waals surface area contributed by atoms with Gasteiger partial charge in [0.2, 0.25) is 11.8 Å². The predicted octanol–water partition coefficient (Wildman–Crippen LogP) is 2.10. The summed E-state index contributed by atoms with van der Waals surface area (Å²) in [5.74, 6) is -2.58. The van der Waals surface area contributed by atoms with E-state index in [-0.39, 0.29) is 24.3 Å². The molecule has 3 aliphatic rings. The number of hydrogen-bond donors (Lipinski definition) is 3. The van der Waals surface area contributed by atoms with Crippen molar-refractivity contribution in [3.63, 3.8) is 0 Å². The molecule has 0 saturated carbocycles. The van der Waals surface area contributed by atoms with Crippen LogP contribution in [0.2, 0.25) is 0 Å². The van der Waals surface area contributed by atoms with E-state index in [9.17, 15) is 23.6 Å². The number of halogens is 1. The highest BCUT2D eigenvalue weighted by Crippen LogP contribution is 2.26. The molecule has 5 rings (SSSR count). The summed E-state index contributed by atoms with van der Waals surface area (Å²) in [7, 11) is 0. The molecule has 10 nitrogen and oxygen atoms in total. The lowest BCUT2D eigenvalue weighted by atomic mass is 9.95. The highest BCUT2D eigenvalue weighted by Gasteiger charge is 2.29. The number of nitrogens with zero attached hydrogens (tertiary/aromatic N) is 3. The Morgan fingerprint density at radius 3 is 2.17 bits per heavy atom. The molecule has 212 valence electrons. The summed E-state index contributed by atoms with van der Waals surface area (Å²) in [6.07, 6.45) is 2.48. The lowest BCUT2D eigenvalue weighted by Crippen LogP contribution is -2.52. The third-order valence-electron chi connectivity index (χ3n) is 8.09. The van der Waals surface area contributed by atoms with E-state index in [2.05, 4.69) is 25.3 Å². The molecule has 0 aromatic heterocycles. The van der Waals surface area contributed by atoms with Crippen LogP contribution in [0.5, 0.6) is 0 Å². The molecule has 3 N–H and O–H groups in total. The van der Waals surface area contributed by atoms with Gasteiger partial charge in [0.1, 0.15) is 11.9 Å². The number of piperazine rings is 1. The zero-order valence-electron chi connectivity index (χ0n) is 22.3. The van der Waals surface area contributed by atoms with Crippen molar-refractivity contribution in [2.24, 2.45) is 5.92 Å². The molecule has 3 aliphatic heterocycles. The second-order valence-electron chi connectivity index (χ2n) is 10.7. The van der Waals surface area contributed by atoms with E-state index < -0.39 is 29.6 Å². The van der Waals surface area contributed by atoms with Gasteiger partial charge >= 0.3 is 5.97 Å². The molecule has 3 fully saturated rings. The van der Waals surface area contributed by atoms with Gasteiger partial charge in [-0.3, -0.25) is 24.6 Å². The monoisotopic (exact) mass is 551 g/mol. The van der Waals surface area contributed by atoms with Crippen LogP contribution < -0.4 is 20.4 Å². The van der Waals surface area contributed by atoms with Crippen LogP contribution in [0.1, 0.15) is 46.4 Å². The maximum Gasteiger partial charge on any atom is 0.335 e. The topological polar surface area (TPSA) is 122 Å². The number of amides is 3. The van der Waals surface area contributed by atoms with Crippen molar-refractivity contribution in [3.05, 3.63) is 59.4 Å². The van der Waals surface area contributed by atoms with Crippen LogP contribution in [-0.4, -0.2) is 85.6 Å². The molecule has 1 atom stereocenters. The highest BCUT2D eigenvalue weighted by atomic mass is 19.1. The Bertz CT molecular complexity index is 1270. The van der Waals surface area contributed by atoms with Crippen molar-refractivity contribution in [1.82, 2.24) is 15.5 Å². The Morgan fingerprint density at radius 1 is 0.900 bits per heavy atom. The number of hydrogen-bond acceptors (Lipinski definition) is 7. The number of aromatic carboxylic acids is 1. The molecule has 3 amide bonds. The minimum atomic E-state index is -0.915. The molecule has 0 radical (unpaired) electrons. The van der Waals surface area contributed by atoms with Crippen molar-refractivity contribution in [2.45, 2.75) is 31.7 Å². The molecule has 2 aromatic carbocycles. The van der Waals surface area contributed by atoms with Crippen molar-refractivity contribution >= 4 is 35.1 Å². The number of carbonyl (C=O) groups excluding carboxylic acids is 3. The van der Waals surface area contributed by atoms with E-state index in [0.717, 1.165) is 70.0 Å². The fourth-order valence-electron chi connectivity index (χ4n) is 5.69. The average molecular weight is 552 g/mol. The number of imide groups is 1. The van der Waals surface area contributed by atoms with Gasteiger partial charge in [0.05, 0.1) is 11.1 Å². The number of piperidine rings is 2. The minimum absolute atomic E-state index is 0.128. The Morgan fingerprint density at radius 2 is 1.55 bits per heavy atom. The molecule has 11 heteroatoms. The highest BCUT2D eigenvalue weighted by molar-refractivity contribution is 6.03. The van der Waals surface area contributed by atoms with Crippen molar-refractivity contribution < 1.29 is 28.7 Å². The van der Waals surface area contributed by atoms with Gasteiger partial charge < -0.3 is 20.2 Å². The van der Waals surface area contributed by atoms with Crippen molar-refractivity contribution in [2.75, 3.05) is 55.6 Å². The van der Waals surface area contributed by atoms with Crippen LogP contribution in [0.4, 0.5) is 15.8 Å². The van der Waals surface area contributed by atoms with Crippen molar-refractivity contribution in [1.29, 1.82) is 0 Å². The molecule has 0 spiro atoms. The fourth-order valence-corrected chi connectivity index (χ4v) is 5.69. The Hall–Kier alpha value is -3.99. The molecular formula is C29H34FN5O5. The quantitative estimate of drug-likeness (QED) is 0.448. The second-order valence-corrected chi connectivity index (χ2v) is 10.7. The number of rotatable bonds is 7. The van der Waals surface area contributed by atoms with Crippen LogP contribution in [0, 0.1) is 11.7 Å². The number of benzene rings is 2. The van der Waals surface area contributed by atoms with Gasteiger partial charge in [0.15, 0.2) is 0 Å². The summed E-state index contributed by atoms with van der Waals surface area (Å²) in [5.41, 5.74) is 1.95. The third-order valence-corrected chi connectivity index (χ3v) is 8.09. The summed E-state index contributed by atoms with van der Waals surface area (Å²) in [4.78, 5) is 53.7. The van der Waals surface area contributed by atoms with Gasteiger partial charge in [-0.2, -0.15) is 0 Å². The molecule has 2 aromatic rings. The number of carboxylic acids is 1. The summed E-state index contributed by atoms with van der Waals surface area (Å²) < 4.78 is 14.9. The van der Waals surface area contributed by atoms with Gasteiger partial charge in [-0.05, 0) is 67.6 Å². The first kappa shape index (κ1) is 27.6. The molecule has 40 heavy (non-hydrogen) atoms. The summed E-state index contributed by atoms with van der Waals surface area (Å²) >= 11 is 0. The first-order valence-corrected chi connectivity index (χ1v) is 13.8. The van der Waals surface area contributed by atoms with Gasteiger partial charge in [-0.25, -0.2) is 9.18 Å². The van der Waals surface area contributed by atoms with Gasteiger partial charge in [0, 0.05) is 63.6 Å². The number of anilines is 2. The van der Waals surface area contributed by atoms with Crippen LogP contribution in [-0.2, 0) is 9.59 Å². The van der Waals surface area contributed by atoms with Gasteiger partial charge in [-0.15, -0.1) is 0 Å². The van der Waals surface area contributed by atoms with Crippen LogP contribution in [0.3, 0.4) is 0 Å². The van der Waals surface area contributed by atoms with E-state index in [4.69, 9.17) is 5.11 Å². The van der Waals surface area contributed by atoms with E-state index >= 15 is 0 Å². The van der Waals surface area contributed by atoms with E-state index in [1.54, 1.807) is 18.2 Å². The standard InChI is InChI=1S/C29H34FN5O5/c30-24-17-22(5-6-23(24)27(37)31-25-7-8-26(36)32-28(25)38)35-15-13-33(14-16-35)18-19-9-11-34(12-10-19)21-3-1-20(2-4-21)29(39)40/h1-6,17,19,25H,7-16,18H2,(H,31,37)(H,39,40)(H,32,36,38)/t25-/m0/s1. The van der Waals surface area contributed by atoms with Gasteiger partial charge in [-0.1, -0.05) is 0 Å². The predicted molar refractivity (Wildman–Crippen MR) is 147 cm³/mol. The van der Waals surface area contributed by atoms with Gasteiger partial charge in [0.25, 0.3) is 5.91 Å². The zero-order valence-corrected chi connectivity index (χ0v) is 22.3. The average Bonchev–Trinajstić information content (AvgIpc) is 2.95. The lowest BCUT2D eigenvalue weighted by Gasteiger charge is -2.40. The summed E-state index contributed by atoms with van der Waals surface area (Å²) in [6.45, 7) is 6.17. The molecule has 3 saturated heterocycles. The maximum atomic E-state index is 14.9. The van der Waals surface area contributed by atoms with E-state index in [1.165, 1.54) is 12.1 Å². The molecule has 0 aliphatic carbocycles. The molecule has 0 bridgehead atoms. The number of carboxylic acid groups (broad SMARTS) is 1. The van der Waals surface area contributed by atoms with E-state index in [1.807, 2.05) is 12.1 Å². The van der Waals surface area contributed by atoms with E-state index in [0.29, 0.717) is 11.5 Å². The summed E-state index contributed by atoms with van der Waals surface area (Å²) in [6, 6.07) is 10.8. The Labute approximate surface area is 232 Å². The largest absolute Gasteiger partial charge is 0.478 e. The smallest absolute Gasteiger partial charge is 0.335 e. The second kappa shape index (κ2) is 12.0. The molecular weight excluding hydrogens is 517 g/mol. The molecule has 3 heterocycles. The minimum Gasteiger partial charge on any atom is -0.478 e. The lowest BCUT2D eigenvalue weighted by molar-refractivity contribution is -0.134. The van der Waals surface area contributed by atoms with Crippen molar-refractivity contribution in [3.8, 4) is 0 Å². The normalized spacial score (nSPS) is 20.8. The van der Waals surface area contributed by atoms with Crippen LogP contribution >= 0.6 is 0 Å². The first-order valence-electron chi connectivity index (χ1n) is 13.8. The molecule has 0 unspecified atom stereocenters. The maximum absolute atomic E-state index is 14.9. The Balaban J connectivity index is 1.07. The number of carbonyl (C=O) groups is 4. The van der Waals surface area contributed by atoms with Crippen LogP contribution in [0.25, 0.3) is 0 Å². The first-order chi connectivity index (χ1) is 19.3. The zero-order chi connectivity index (χ0) is 28.2. The SMILES string of the molecule is O=C1CC[C@H](NC(=O)c2ccc(N3CCN(CC4CCN(c5ccc(C(=O)O)cc5)CC4)CC3)cc2F)C(=O)N1. The number of nitrogens with one attached hydrogen (secondary N) is 2. The summed E-state index contributed by atoms with van der Waals surface area (Å²) in [5, 5.41) is 13.8. The fraction of sp³-hybridized carbons (Fsp3) is 0.448.